The van der Waals surface area contributed by atoms with E-state index in [2.05, 4.69) is 50.4 Å². The van der Waals surface area contributed by atoms with Gasteiger partial charge >= 0.3 is 0 Å². The maximum atomic E-state index is 5.29. The number of benzene rings is 2. The van der Waals surface area contributed by atoms with Gasteiger partial charge in [-0.15, -0.1) is 5.10 Å². The van der Waals surface area contributed by atoms with Crippen LogP contribution < -0.4 is 11.2 Å². The highest BCUT2D eigenvalue weighted by molar-refractivity contribution is 7.80. The lowest BCUT2D eigenvalue weighted by Crippen LogP contribution is -2.24. The molecule has 0 spiro atoms. The standard InChI is InChI=1S/C14H13N7S/c15-14(22)18-16-8-7-13-17-19-20-21(13)12-6-5-10-3-1-2-4-11(10)9-12/h1-6,8-9H,7H2,(H3,15,18,22)/b16-8-. The van der Waals surface area contributed by atoms with E-state index in [1.165, 1.54) is 5.39 Å². The van der Waals surface area contributed by atoms with Crippen molar-refractivity contribution in [2.75, 3.05) is 0 Å². The number of nitrogens with one attached hydrogen (secondary N) is 1. The highest BCUT2D eigenvalue weighted by Crippen LogP contribution is 2.18. The lowest BCUT2D eigenvalue weighted by Gasteiger charge is -2.05. The van der Waals surface area contributed by atoms with Gasteiger partial charge in [-0.1, -0.05) is 30.3 Å². The molecule has 8 heteroatoms. The first-order valence-corrected chi connectivity index (χ1v) is 6.98. The van der Waals surface area contributed by atoms with Crippen molar-refractivity contribution in [3.05, 3.63) is 48.3 Å². The fraction of sp³-hybridized carbons (Fsp3) is 0.0714. The monoisotopic (exact) mass is 311 g/mol. The second-order valence-electron chi connectivity index (χ2n) is 4.53. The van der Waals surface area contributed by atoms with Crippen molar-refractivity contribution in [1.82, 2.24) is 25.6 Å². The molecule has 0 unspecified atom stereocenters. The van der Waals surface area contributed by atoms with E-state index >= 15 is 0 Å². The van der Waals surface area contributed by atoms with E-state index in [0.29, 0.717) is 12.2 Å². The maximum absolute atomic E-state index is 5.29. The summed E-state index contributed by atoms with van der Waals surface area (Å²) in [4.78, 5) is 0. The van der Waals surface area contributed by atoms with Crippen LogP contribution in [0.3, 0.4) is 0 Å². The van der Waals surface area contributed by atoms with E-state index in [1.54, 1.807) is 10.9 Å². The molecule has 3 aromatic rings. The van der Waals surface area contributed by atoms with Crippen LogP contribution in [0.2, 0.25) is 0 Å². The molecule has 3 N–H and O–H groups in total. The summed E-state index contributed by atoms with van der Waals surface area (Å²) in [5.41, 5.74) is 8.68. The lowest BCUT2D eigenvalue weighted by atomic mass is 10.1. The Morgan fingerprint density at radius 3 is 2.91 bits per heavy atom. The minimum atomic E-state index is 0.116. The molecular formula is C14H13N7S. The van der Waals surface area contributed by atoms with Crippen molar-refractivity contribution >= 4 is 34.3 Å². The molecule has 1 heterocycles. The van der Waals surface area contributed by atoms with Crippen molar-refractivity contribution in [1.29, 1.82) is 0 Å². The van der Waals surface area contributed by atoms with Gasteiger partial charge in [0, 0.05) is 12.6 Å². The first-order valence-electron chi connectivity index (χ1n) is 6.57. The number of hydrazone groups is 1. The Morgan fingerprint density at radius 1 is 1.27 bits per heavy atom. The number of rotatable bonds is 4. The molecule has 0 saturated heterocycles. The topological polar surface area (TPSA) is 94.0 Å². The van der Waals surface area contributed by atoms with Crippen LogP contribution in [0.1, 0.15) is 5.82 Å². The highest BCUT2D eigenvalue weighted by atomic mass is 32.1. The summed E-state index contributed by atoms with van der Waals surface area (Å²) >= 11 is 4.66. The number of fused-ring (bicyclic) bond motifs is 1. The van der Waals surface area contributed by atoms with Crippen LogP contribution in [0.25, 0.3) is 16.5 Å². The predicted molar refractivity (Wildman–Crippen MR) is 88.8 cm³/mol. The first kappa shape index (κ1) is 14.1. The molecule has 0 aliphatic carbocycles. The maximum Gasteiger partial charge on any atom is 0.184 e. The van der Waals surface area contributed by atoms with Crippen LogP contribution in [0.5, 0.6) is 0 Å². The molecular weight excluding hydrogens is 298 g/mol. The summed E-state index contributed by atoms with van der Waals surface area (Å²) in [7, 11) is 0. The molecule has 0 aliphatic rings. The fourth-order valence-electron chi connectivity index (χ4n) is 2.08. The highest BCUT2D eigenvalue weighted by Gasteiger charge is 2.07. The molecule has 2 aromatic carbocycles. The molecule has 0 aliphatic heterocycles. The van der Waals surface area contributed by atoms with Crippen LogP contribution in [-0.2, 0) is 6.42 Å². The van der Waals surface area contributed by atoms with Gasteiger partial charge in [0.25, 0.3) is 0 Å². The molecule has 110 valence electrons. The molecule has 1 aromatic heterocycles. The van der Waals surface area contributed by atoms with Gasteiger partial charge in [0.2, 0.25) is 0 Å². The van der Waals surface area contributed by atoms with Crippen LogP contribution in [-0.4, -0.2) is 31.5 Å². The van der Waals surface area contributed by atoms with Crippen molar-refractivity contribution in [3.8, 4) is 5.69 Å². The normalized spacial score (nSPS) is 11.1. The summed E-state index contributed by atoms with van der Waals surface area (Å²) in [6.07, 6.45) is 2.07. The minimum Gasteiger partial charge on any atom is -0.375 e. The van der Waals surface area contributed by atoms with E-state index in [9.17, 15) is 0 Å². The number of nitrogens with two attached hydrogens (primary N) is 1. The van der Waals surface area contributed by atoms with Crippen molar-refractivity contribution < 1.29 is 0 Å². The Bertz CT molecular complexity index is 840. The van der Waals surface area contributed by atoms with Gasteiger partial charge < -0.3 is 5.73 Å². The minimum absolute atomic E-state index is 0.116. The zero-order valence-corrected chi connectivity index (χ0v) is 12.4. The van der Waals surface area contributed by atoms with Crippen LogP contribution in [0.4, 0.5) is 0 Å². The molecule has 22 heavy (non-hydrogen) atoms. The summed E-state index contributed by atoms with van der Waals surface area (Å²) in [5.74, 6) is 0.670. The number of thiocarbonyl (C=S) groups is 1. The molecule has 0 saturated carbocycles. The summed E-state index contributed by atoms with van der Waals surface area (Å²) in [6.45, 7) is 0. The van der Waals surface area contributed by atoms with Gasteiger partial charge in [-0.3, -0.25) is 5.43 Å². The third-order valence-electron chi connectivity index (χ3n) is 3.05. The third kappa shape index (κ3) is 3.07. The van der Waals surface area contributed by atoms with Crippen molar-refractivity contribution in [3.63, 3.8) is 0 Å². The molecule has 0 fully saturated rings. The Morgan fingerprint density at radius 2 is 2.09 bits per heavy atom. The Hall–Kier alpha value is -2.87. The molecule has 0 radical (unpaired) electrons. The van der Waals surface area contributed by atoms with Crippen LogP contribution in [0.15, 0.2) is 47.6 Å². The average Bonchev–Trinajstić information content (AvgIpc) is 2.99. The Kier molecular flexibility index (Phi) is 4.01. The van der Waals surface area contributed by atoms with Crippen molar-refractivity contribution in [2.45, 2.75) is 6.42 Å². The number of hydrogen-bond donors (Lipinski definition) is 2. The average molecular weight is 311 g/mol. The zero-order chi connectivity index (χ0) is 15.4. The summed E-state index contributed by atoms with van der Waals surface area (Å²) < 4.78 is 1.68. The first-order chi connectivity index (χ1) is 10.7. The SMILES string of the molecule is NC(=S)N/N=C\Cc1nnnn1-c1ccc2ccccc2c1. The molecule has 0 bridgehead atoms. The number of nitrogens with zero attached hydrogens (tertiary/aromatic N) is 5. The van der Waals surface area contributed by atoms with Gasteiger partial charge in [-0.25, -0.2) is 0 Å². The molecule has 0 atom stereocenters. The van der Waals surface area contributed by atoms with Crippen LogP contribution >= 0.6 is 12.2 Å². The summed E-state index contributed by atoms with van der Waals surface area (Å²) in [6, 6.07) is 14.2. The van der Waals surface area contributed by atoms with Crippen LogP contribution in [0, 0.1) is 0 Å². The summed E-state index contributed by atoms with van der Waals surface area (Å²) in [5, 5.41) is 18.1. The van der Waals surface area contributed by atoms with Gasteiger partial charge in [0.15, 0.2) is 10.9 Å². The predicted octanol–water partition coefficient (Wildman–Crippen LogP) is 1.18. The van der Waals surface area contributed by atoms with Gasteiger partial charge in [0.05, 0.1) is 5.69 Å². The smallest absolute Gasteiger partial charge is 0.184 e. The number of tetrazole rings is 1. The third-order valence-corrected chi connectivity index (χ3v) is 3.14. The largest absolute Gasteiger partial charge is 0.375 e. The van der Waals surface area contributed by atoms with Gasteiger partial charge in [0.1, 0.15) is 0 Å². The second-order valence-corrected chi connectivity index (χ2v) is 4.97. The zero-order valence-electron chi connectivity index (χ0n) is 11.5. The van der Waals surface area contributed by atoms with E-state index in [4.69, 9.17) is 5.73 Å². The lowest BCUT2D eigenvalue weighted by molar-refractivity contribution is 0.776. The second kappa shape index (κ2) is 6.27. The quantitative estimate of drug-likeness (QED) is 0.427. The van der Waals surface area contributed by atoms with E-state index in [-0.39, 0.29) is 5.11 Å². The number of hydrogen-bond acceptors (Lipinski definition) is 5. The fourth-order valence-corrected chi connectivity index (χ4v) is 2.13. The van der Waals surface area contributed by atoms with Gasteiger partial charge in [-0.05, 0) is 45.5 Å². The molecule has 7 nitrogen and oxygen atoms in total. The Balaban J connectivity index is 1.86. The van der Waals surface area contributed by atoms with E-state index in [0.717, 1.165) is 11.1 Å². The van der Waals surface area contributed by atoms with E-state index < -0.39 is 0 Å². The number of aromatic nitrogens is 4. The van der Waals surface area contributed by atoms with Crippen molar-refractivity contribution in [2.24, 2.45) is 10.8 Å². The van der Waals surface area contributed by atoms with Gasteiger partial charge in [-0.2, -0.15) is 9.78 Å². The molecule has 0 amide bonds. The Labute approximate surface area is 131 Å². The van der Waals surface area contributed by atoms with E-state index in [1.807, 2.05) is 30.3 Å². The molecule has 3 rings (SSSR count).